The molecular formula is C28H33N3O4Si. The van der Waals surface area contributed by atoms with Gasteiger partial charge >= 0.3 is 0 Å². The van der Waals surface area contributed by atoms with Crippen molar-refractivity contribution in [3.05, 3.63) is 66.2 Å². The predicted molar refractivity (Wildman–Crippen MR) is 141 cm³/mol. The molecule has 188 valence electrons. The standard InChI is InChI=1S/C28H33N3O4Si/c1-27(2,3)36(4,5)35-22-16-21-23(25(33)31(24(21)32)20-14-10-7-11-15-20)28(22)26(34)30(18-29-28)17-19-12-8-6-9-13-19/h6-15,18,21-23H,16-17H2,1-5H3/t21?,22-,23?,28-/m0/s1. The number of amides is 3. The summed E-state index contributed by atoms with van der Waals surface area (Å²) in [6, 6.07) is 18.6. The summed E-state index contributed by atoms with van der Waals surface area (Å²) in [5.74, 6) is -2.45. The zero-order valence-electron chi connectivity index (χ0n) is 21.5. The van der Waals surface area contributed by atoms with E-state index in [0.717, 1.165) is 5.56 Å². The second-order valence-electron chi connectivity index (χ2n) is 11.5. The molecule has 1 aliphatic carbocycles. The fourth-order valence-corrected chi connectivity index (χ4v) is 6.74. The lowest BCUT2D eigenvalue weighted by atomic mass is 9.83. The molecule has 0 bridgehead atoms. The highest BCUT2D eigenvalue weighted by Crippen LogP contribution is 2.54. The fraction of sp³-hybridized carbons (Fsp3) is 0.429. The zero-order valence-corrected chi connectivity index (χ0v) is 22.5. The molecule has 3 aliphatic rings. The summed E-state index contributed by atoms with van der Waals surface area (Å²) in [5.41, 5.74) is 0.0468. The number of nitrogens with zero attached hydrogens (tertiary/aromatic N) is 3. The lowest BCUT2D eigenvalue weighted by molar-refractivity contribution is -0.139. The van der Waals surface area contributed by atoms with Crippen molar-refractivity contribution in [2.75, 3.05) is 4.90 Å². The molecule has 36 heavy (non-hydrogen) atoms. The van der Waals surface area contributed by atoms with Gasteiger partial charge in [-0.25, -0.2) is 4.90 Å². The highest BCUT2D eigenvalue weighted by atomic mass is 28.4. The van der Waals surface area contributed by atoms with Crippen molar-refractivity contribution in [1.29, 1.82) is 0 Å². The predicted octanol–water partition coefficient (Wildman–Crippen LogP) is 4.40. The molecule has 2 aromatic carbocycles. The van der Waals surface area contributed by atoms with Gasteiger partial charge in [0.1, 0.15) is 0 Å². The molecule has 2 aromatic rings. The first-order valence-corrected chi connectivity index (χ1v) is 15.4. The first-order chi connectivity index (χ1) is 17.0. The van der Waals surface area contributed by atoms with Gasteiger partial charge < -0.3 is 4.43 Å². The zero-order chi connectivity index (χ0) is 25.9. The minimum Gasteiger partial charge on any atom is -0.411 e. The second kappa shape index (κ2) is 8.49. The summed E-state index contributed by atoms with van der Waals surface area (Å²) in [5, 5.41) is -0.106. The van der Waals surface area contributed by atoms with Crippen LogP contribution < -0.4 is 4.90 Å². The number of benzene rings is 2. The number of carbonyl (C=O) groups is 3. The quantitative estimate of drug-likeness (QED) is 0.448. The Morgan fingerprint density at radius 1 is 0.972 bits per heavy atom. The number of imide groups is 1. The van der Waals surface area contributed by atoms with E-state index in [9.17, 15) is 14.4 Å². The van der Waals surface area contributed by atoms with Crippen LogP contribution in [0.5, 0.6) is 0 Å². The van der Waals surface area contributed by atoms with Crippen LogP contribution in [-0.2, 0) is 25.4 Å². The van der Waals surface area contributed by atoms with Gasteiger partial charge in [0.05, 0.1) is 36.5 Å². The Bertz CT molecular complexity index is 1220. The maximum Gasteiger partial charge on any atom is 0.259 e. The Balaban J connectivity index is 1.55. The summed E-state index contributed by atoms with van der Waals surface area (Å²) < 4.78 is 6.80. The van der Waals surface area contributed by atoms with Crippen molar-refractivity contribution in [1.82, 2.24) is 4.90 Å². The smallest absolute Gasteiger partial charge is 0.259 e. The van der Waals surface area contributed by atoms with E-state index in [0.29, 0.717) is 18.7 Å². The first kappa shape index (κ1) is 24.6. The van der Waals surface area contributed by atoms with Crippen LogP contribution in [0.4, 0.5) is 5.69 Å². The third-order valence-corrected chi connectivity index (χ3v) is 12.8. The third kappa shape index (κ3) is 3.66. The van der Waals surface area contributed by atoms with Crippen LogP contribution >= 0.6 is 0 Å². The monoisotopic (exact) mass is 503 g/mol. The van der Waals surface area contributed by atoms with Gasteiger partial charge in [0, 0.05) is 0 Å². The molecular weight excluding hydrogens is 470 g/mol. The topological polar surface area (TPSA) is 79.3 Å². The highest BCUT2D eigenvalue weighted by Gasteiger charge is 2.72. The second-order valence-corrected chi connectivity index (χ2v) is 16.3. The largest absolute Gasteiger partial charge is 0.411 e. The van der Waals surface area contributed by atoms with Crippen LogP contribution in [0.15, 0.2) is 65.7 Å². The maximum atomic E-state index is 14.2. The molecule has 2 aliphatic heterocycles. The van der Waals surface area contributed by atoms with E-state index < -0.39 is 31.8 Å². The summed E-state index contributed by atoms with van der Waals surface area (Å²) in [6.07, 6.45) is 1.21. The molecule has 1 saturated heterocycles. The molecule has 1 saturated carbocycles. The molecule has 4 atom stereocenters. The Kier molecular flexibility index (Phi) is 5.80. The van der Waals surface area contributed by atoms with Crippen molar-refractivity contribution >= 4 is 38.1 Å². The van der Waals surface area contributed by atoms with Crippen LogP contribution in [0.1, 0.15) is 32.8 Å². The fourth-order valence-electron chi connectivity index (χ4n) is 5.40. The van der Waals surface area contributed by atoms with Gasteiger partial charge in [0.2, 0.25) is 11.8 Å². The molecule has 2 fully saturated rings. The lowest BCUT2D eigenvalue weighted by Crippen LogP contribution is -2.58. The normalized spacial score (nSPS) is 28.0. The number of rotatable bonds is 5. The van der Waals surface area contributed by atoms with Crippen LogP contribution in [0.2, 0.25) is 18.1 Å². The molecule has 0 aromatic heterocycles. The summed E-state index contributed by atoms with van der Waals surface area (Å²) in [7, 11) is -2.34. The maximum absolute atomic E-state index is 14.2. The number of anilines is 1. The number of aliphatic imine (C=N–C) groups is 1. The van der Waals surface area contributed by atoms with Gasteiger partial charge in [-0.05, 0) is 42.2 Å². The highest BCUT2D eigenvalue weighted by molar-refractivity contribution is 6.74. The molecule has 2 unspecified atom stereocenters. The van der Waals surface area contributed by atoms with Crippen molar-refractivity contribution in [2.45, 2.75) is 63.5 Å². The van der Waals surface area contributed by atoms with Crippen LogP contribution in [-0.4, -0.2) is 48.9 Å². The van der Waals surface area contributed by atoms with E-state index in [1.165, 1.54) is 4.90 Å². The number of hydrogen-bond donors (Lipinski definition) is 0. The van der Waals surface area contributed by atoms with E-state index >= 15 is 0 Å². The van der Waals surface area contributed by atoms with Gasteiger partial charge in [-0.3, -0.25) is 24.3 Å². The van der Waals surface area contributed by atoms with E-state index in [4.69, 9.17) is 9.42 Å². The van der Waals surface area contributed by atoms with Gasteiger partial charge in [-0.15, -0.1) is 0 Å². The van der Waals surface area contributed by atoms with E-state index in [1.54, 1.807) is 35.5 Å². The Hall–Kier alpha value is -3.10. The van der Waals surface area contributed by atoms with Gasteiger partial charge in [0.25, 0.3) is 5.91 Å². The molecule has 5 rings (SSSR count). The van der Waals surface area contributed by atoms with Crippen molar-refractivity contribution in [2.24, 2.45) is 16.8 Å². The number of fused-ring (bicyclic) bond motifs is 2. The molecule has 0 radical (unpaired) electrons. The summed E-state index contributed by atoms with van der Waals surface area (Å²) in [6.45, 7) is 11.0. The van der Waals surface area contributed by atoms with Crippen LogP contribution in [0, 0.1) is 11.8 Å². The SMILES string of the molecule is CC(C)(C)[Si](C)(C)O[C@H]1CC2C(=O)N(c3ccccc3)C(=O)C2[C@@]12N=CN(Cc1ccccc1)C2=O. The van der Waals surface area contributed by atoms with Crippen LogP contribution in [0.25, 0.3) is 0 Å². The number of carbonyl (C=O) groups excluding carboxylic acids is 3. The minimum absolute atomic E-state index is 0.106. The van der Waals surface area contributed by atoms with Crippen molar-refractivity contribution in [3.63, 3.8) is 0 Å². The average Bonchev–Trinajstić information content (AvgIpc) is 3.41. The number of hydrogen-bond acceptors (Lipinski definition) is 5. The average molecular weight is 504 g/mol. The van der Waals surface area contributed by atoms with E-state index in [2.05, 4.69) is 33.9 Å². The van der Waals surface area contributed by atoms with Crippen molar-refractivity contribution in [3.8, 4) is 0 Å². The van der Waals surface area contributed by atoms with Crippen molar-refractivity contribution < 1.29 is 18.8 Å². The molecule has 7 nitrogen and oxygen atoms in total. The third-order valence-electron chi connectivity index (χ3n) is 8.33. The van der Waals surface area contributed by atoms with Crippen LogP contribution in [0.3, 0.4) is 0 Å². The van der Waals surface area contributed by atoms with Gasteiger partial charge in [-0.2, -0.15) is 0 Å². The van der Waals surface area contributed by atoms with E-state index in [1.807, 2.05) is 36.4 Å². The molecule has 1 spiro atoms. The minimum atomic E-state index is -2.34. The van der Waals surface area contributed by atoms with E-state index in [-0.39, 0.29) is 22.8 Å². The first-order valence-electron chi connectivity index (χ1n) is 12.5. The summed E-state index contributed by atoms with van der Waals surface area (Å²) >= 11 is 0. The van der Waals surface area contributed by atoms with Gasteiger partial charge in [-0.1, -0.05) is 69.3 Å². The Morgan fingerprint density at radius 3 is 2.19 bits per heavy atom. The molecule has 2 heterocycles. The Labute approximate surface area is 213 Å². The molecule has 3 amide bonds. The van der Waals surface area contributed by atoms with Gasteiger partial charge in [0.15, 0.2) is 13.9 Å². The Morgan fingerprint density at radius 2 is 1.58 bits per heavy atom. The summed E-state index contributed by atoms with van der Waals surface area (Å²) in [4.78, 5) is 49.3. The lowest BCUT2D eigenvalue weighted by Gasteiger charge is -2.42. The molecule has 0 N–H and O–H groups in total. The number of para-hydroxylation sites is 1. The molecule has 8 heteroatoms.